The summed E-state index contributed by atoms with van der Waals surface area (Å²) in [7, 11) is 1.59. The van der Waals surface area contributed by atoms with Crippen LogP contribution in [0.2, 0.25) is 0 Å². The van der Waals surface area contributed by atoms with Gasteiger partial charge in [-0.15, -0.1) is 0 Å². The Bertz CT molecular complexity index is 868. The Labute approximate surface area is 157 Å². The Morgan fingerprint density at radius 2 is 1.44 bits per heavy atom. The first-order valence-corrected chi connectivity index (χ1v) is 8.45. The Kier molecular flexibility index (Phi) is 5.64. The Hall–Kier alpha value is -3.44. The Morgan fingerprint density at radius 1 is 0.926 bits per heavy atom. The molecule has 136 valence electrons. The number of ether oxygens (including phenoxy) is 1. The molecule has 0 radical (unpaired) electrons. The van der Waals surface area contributed by atoms with Crippen LogP contribution in [0.15, 0.2) is 90.0 Å². The van der Waals surface area contributed by atoms with Gasteiger partial charge >= 0.3 is 0 Å². The molecule has 1 amide bonds. The van der Waals surface area contributed by atoms with Gasteiger partial charge in [0.25, 0.3) is 5.91 Å². The van der Waals surface area contributed by atoms with Gasteiger partial charge in [-0.25, -0.2) is 5.43 Å². The summed E-state index contributed by atoms with van der Waals surface area (Å²) < 4.78 is 5.11. The standard InChI is InChI=1S/C22H20N2O3/c1-27-20-14-12-17(13-15-20)16-23-24-21(25)22(26,18-8-4-2-5-9-18)19-10-6-3-7-11-19/h2-16,26H,1H3,(H,24,25)/b23-16+. The van der Waals surface area contributed by atoms with Gasteiger partial charge in [-0.1, -0.05) is 60.7 Å². The lowest BCUT2D eigenvalue weighted by molar-refractivity contribution is -0.136. The lowest BCUT2D eigenvalue weighted by Gasteiger charge is -2.27. The van der Waals surface area contributed by atoms with Crippen molar-refractivity contribution in [2.24, 2.45) is 5.10 Å². The van der Waals surface area contributed by atoms with E-state index < -0.39 is 11.5 Å². The molecule has 0 unspecified atom stereocenters. The molecular weight excluding hydrogens is 340 g/mol. The number of hydrazone groups is 1. The van der Waals surface area contributed by atoms with Crippen LogP contribution in [0, 0.1) is 0 Å². The highest BCUT2D eigenvalue weighted by Crippen LogP contribution is 2.29. The molecule has 0 saturated heterocycles. The lowest BCUT2D eigenvalue weighted by Crippen LogP contribution is -2.43. The van der Waals surface area contributed by atoms with E-state index in [4.69, 9.17) is 4.74 Å². The van der Waals surface area contributed by atoms with E-state index >= 15 is 0 Å². The number of hydrogen-bond acceptors (Lipinski definition) is 4. The van der Waals surface area contributed by atoms with E-state index in [1.54, 1.807) is 67.8 Å². The van der Waals surface area contributed by atoms with Crippen LogP contribution >= 0.6 is 0 Å². The van der Waals surface area contributed by atoms with E-state index in [1.165, 1.54) is 6.21 Å². The smallest absolute Gasteiger partial charge is 0.281 e. The van der Waals surface area contributed by atoms with Gasteiger partial charge in [-0.05, 0) is 41.0 Å². The van der Waals surface area contributed by atoms with Gasteiger partial charge in [-0.3, -0.25) is 4.79 Å². The van der Waals surface area contributed by atoms with Crippen molar-refractivity contribution in [2.45, 2.75) is 5.60 Å². The molecule has 0 aliphatic heterocycles. The number of benzene rings is 3. The van der Waals surface area contributed by atoms with Crippen molar-refractivity contribution in [3.05, 3.63) is 102 Å². The summed E-state index contributed by atoms with van der Waals surface area (Å²) in [6.07, 6.45) is 1.51. The number of nitrogens with zero attached hydrogens (tertiary/aromatic N) is 1. The zero-order valence-corrected chi connectivity index (χ0v) is 14.9. The molecule has 0 aliphatic carbocycles. The minimum absolute atomic E-state index is 0.466. The van der Waals surface area contributed by atoms with Gasteiger partial charge in [0.05, 0.1) is 13.3 Å². The number of rotatable bonds is 6. The number of hydrogen-bond donors (Lipinski definition) is 2. The molecule has 27 heavy (non-hydrogen) atoms. The Morgan fingerprint density at radius 3 is 1.93 bits per heavy atom. The van der Waals surface area contributed by atoms with Gasteiger partial charge in [0.1, 0.15) is 5.75 Å². The summed E-state index contributed by atoms with van der Waals surface area (Å²) in [6, 6.07) is 24.8. The first-order valence-electron chi connectivity index (χ1n) is 8.45. The molecule has 0 aromatic heterocycles. The second-order valence-electron chi connectivity index (χ2n) is 5.91. The summed E-state index contributed by atoms with van der Waals surface area (Å²) >= 11 is 0. The average Bonchev–Trinajstić information content (AvgIpc) is 2.74. The molecule has 3 aromatic carbocycles. The van der Waals surface area contributed by atoms with Crippen LogP contribution < -0.4 is 10.2 Å². The third kappa shape index (κ3) is 4.04. The maximum absolute atomic E-state index is 12.9. The van der Waals surface area contributed by atoms with E-state index in [1.807, 2.05) is 24.3 Å². The molecule has 0 atom stereocenters. The zero-order chi connectivity index (χ0) is 19.1. The van der Waals surface area contributed by atoms with Crippen LogP contribution in [-0.2, 0) is 10.4 Å². The van der Waals surface area contributed by atoms with Crippen molar-refractivity contribution >= 4 is 12.1 Å². The number of methoxy groups -OCH3 is 1. The fourth-order valence-corrected chi connectivity index (χ4v) is 2.72. The van der Waals surface area contributed by atoms with Gasteiger partial charge < -0.3 is 9.84 Å². The second kappa shape index (κ2) is 8.29. The predicted molar refractivity (Wildman–Crippen MR) is 105 cm³/mol. The molecule has 0 heterocycles. The molecule has 0 bridgehead atoms. The molecule has 0 fully saturated rings. The summed E-state index contributed by atoms with van der Waals surface area (Å²) in [6.45, 7) is 0. The molecule has 0 aliphatic rings. The van der Waals surface area contributed by atoms with Crippen molar-refractivity contribution < 1.29 is 14.6 Å². The number of carbonyl (C=O) groups excluding carboxylic acids is 1. The molecule has 0 spiro atoms. The van der Waals surface area contributed by atoms with Crippen LogP contribution in [0.25, 0.3) is 0 Å². The highest BCUT2D eigenvalue weighted by molar-refractivity contribution is 5.91. The van der Waals surface area contributed by atoms with Crippen LogP contribution in [0.4, 0.5) is 0 Å². The molecule has 5 nitrogen and oxygen atoms in total. The average molecular weight is 360 g/mol. The van der Waals surface area contributed by atoms with Crippen molar-refractivity contribution in [3.8, 4) is 5.75 Å². The van der Waals surface area contributed by atoms with Crippen molar-refractivity contribution in [2.75, 3.05) is 7.11 Å². The highest BCUT2D eigenvalue weighted by Gasteiger charge is 2.39. The third-order valence-electron chi connectivity index (χ3n) is 4.21. The largest absolute Gasteiger partial charge is 0.497 e. The van der Waals surface area contributed by atoms with Crippen molar-refractivity contribution in [3.63, 3.8) is 0 Å². The minimum Gasteiger partial charge on any atom is -0.497 e. The maximum Gasteiger partial charge on any atom is 0.281 e. The number of nitrogens with one attached hydrogen (secondary N) is 1. The van der Waals surface area contributed by atoms with Gasteiger partial charge in [-0.2, -0.15) is 5.10 Å². The molecule has 0 saturated carbocycles. The SMILES string of the molecule is COc1ccc(/C=N/NC(=O)C(O)(c2ccccc2)c2ccccc2)cc1. The topological polar surface area (TPSA) is 70.9 Å². The fourth-order valence-electron chi connectivity index (χ4n) is 2.72. The summed E-state index contributed by atoms with van der Waals surface area (Å²) in [5.41, 5.74) is 2.32. The number of carbonyl (C=O) groups is 1. The zero-order valence-electron chi connectivity index (χ0n) is 14.9. The van der Waals surface area contributed by atoms with E-state index in [9.17, 15) is 9.90 Å². The normalized spacial score (nSPS) is 11.3. The van der Waals surface area contributed by atoms with Crippen LogP contribution in [-0.4, -0.2) is 24.3 Å². The molecule has 2 N–H and O–H groups in total. The van der Waals surface area contributed by atoms with Crippen molar-refractivity contribution in [1.29, 1.82) is 0 Å². The number of amides is 1. The summed E-state index contributed by atoms with van der Waals surface area (Å²) in [4.78, 5) is 12.9. The van der Waals surface area contributed by atoms with E-state index in [0.29, 0.717) is 11.1 Å². The fraction of sp³-hybridized carbons (Fsp3) is 0.0909. The molecule has 5 heteroatoms. The predicted octanol–water partition coefficient (Wildman–Crippen LogP) is 3.08. The first-order chi connectivity index (χ1) is 13.1. The van der Waals surface area contributed by atoms with E-state index in [0.717, 1.165) is 11.3 Å². The maximum atomic E-state index is 12.9. The summed E-state index contributed by atoms with van der Waals surface area (Å²) in [5.74, 6) is 0.100. The quantitative estimate of drug-likeness (QED) is 0.524. The minimum atomic E-state index is -1.85. The van der Waals surface area contributed by atoms with E-state index in [-0.39, 0.29) is 0 Å². The Balaban J connectivity index is 1.84. The highest BCUT2D eigenvalue weighted by atomic mass is 16.5. The lowest BCUT2D eigenvalue weighted by atomic mass is 9.85. The molecule has 3 rings (SSSR count). The van der Waals surface area contributed by atoms with Crippen LogP contribution in [0.3, 0.4) is 0 Å². The first kappa shape index (κ1) is 18.4. The molecule has 3 aromatic rings. The van der Waals surface area contributed by atoms with Crippen molar-refractivity contribution in [1.82, 2.24) is 5.43 Å². The van der Waals surface area contributed by atoms with Crippen LogP contribution in [0.1, 0.15) is 16.7 Å². The second-order valence-corrected chi connectivity index (χ2v) is 5.91. The monoisotopic (exact) mass is 360 g/mol. The van der Waals surface area contributed by atoms with E-state index in [2.05, 4.69) is 10.5 Å². The van der Waals surface area contributed by atoms with Gasteiger partial charge in [0.2, 0.25) is 0 Å². The number of aliphatic hydroxyl groups is 1. The molecular formula is C22H20N2O3. The van der Waals surface area contributed by atoms with Gasteiger partial charge in [0.15, 0.2) is 5.60 Å². The summed E-state index contributed by atoms with van der Waals surface area (Å²) in [5, 5.41) is 15.3. The van der Waals surface area contributed by atoms with Crippen LogP contribution in [0.5, 0.6) is 5.75 Å². The third-order valence-corrected chi connectivity index (χ3v) is 4.21. The van der Waals surface area contributed by atoms with Gasteiger partial charge in [0, 0.05) is 0 Å².